The molecule has 0 saturated carbocycles. The monoisotopic (exact) mass is 284 g/mol. The van der Waals surface area contributed by atoms with E-state index in [9.17, 15) is 8.42 Å². The van der Waals surface area contributed by atoms with E-state index in [-0.39, 0.29) is 4.90 Å². The van der Waals surface area contributed by atoms with Gasteiger partial charge in [0.2, 0.25) is 0 Å². The number of hydrazine groups is 1. The van der Waals surface area contributed by atoms with Crippen molar-refractivity contribution in [1.29, 1.82) is 0 Å². The molecule has 0 radical (unpaired) electrons. The Balaban J connectivity index is 2.22. The van der Waals surface area contributed by atoms with Gasteiger partial charge in [-0.25, -0.2) is 5.01 Å². The van der Waals surface area contributed by atoms with Crippen LogP contribution < -0.4 is 5.01 Å². The predicted molar refractivity (Wildman–Crippen MR) is 74.7 cm³/mol. The van der Waals surface area contributed by atoms with Crippen molar-refractivity contribution in [3.8, 4) is 0 Å². The molecule has 0 amide bonds. The average molecular weight is 284 g/mol. The lowest BCUT2D eigenvalue weighted by Gasteiger charge is -2.33. The van der Waals surface area contributed by atoms with Gasteiger partial charge in [-0.3, -0.25) is 4.55 Å². The van der Waals surface area contributed by atoms with Crippen LogP contribution in [0.25, 0.3) is 0 Å². The Morgan fingerprint density at radius 3 is 2.26 bits per heavy atom. The Morgan fingerprint density at radius 1 is 1.21 bits per heavy atom. The van der Waals surface area contributed by atoms with Crippen LogP contribution in [0.5, 0.6) is 0 Å². The highest BCUT2D eigenvalue weighted by Crippen LogP contribution is 2.22. The first-order chi connectivity index (χ1) is 9.02. The fourth-order valence-corrected chi connectivity index (χ4v) is 2.86. The largest absolute Gasteiger partial charge is 0.306 e. The van der Waals surface area contributed by atoms with Crippen LogP contribution in [0.15, 0.2) is 29.2 Å². The topological polar surface area (TPSA) is 60.9 Å². The van der Waals surface area contributed by atoms with Crippen molar-refractivity contribution < 1.29 is 13.0 Å². The molecule has 0 spiro atoms. The Hall–Kier alpha value is -1.11. The number of hydrogen-bond donors (Lipinski definition) is 1. The number of hydrogen-bond acceptors (Lipinski definition) is 4. The van der Waals surface area contributed by atoms with Crippen molar-refractivity contribution >= 4 is 15.8 Å². The van der Waals surface area contributed by atoms with E-state index in [4.69, 9.17) is 4.55 Å². The Labute approximate surface area is 114 Å². The van der Waals surface area contributed by atoms with Crippen molar-refractivity contribution in [2.24, 2.45) is 0 Å². The van der Waals surface area contributed by atoms with Crippen molar-refractivity contribution in [2.45, 2.75) is 31.1 Å². The van der Waals surface area contributed by atoms with Gasteiger partial charge in [-0.2, -0.15) is 8.42 Å². The summed E-state index contributed by atoms with van der Waals surface area (Å²) in [5.74, 6) is 0. The maximum absolute atomic E-state index is 11.0. The van der Waals surface area contributed by atoms with Gasteiger partial charge in [0.15, 0.2) is 0 Å². The SMILES string of the molecule is CCCN(c1ccc(S(=O)(=O)O)cc1)N1CCCC1. The molecule has 19 heavy (non-hydrogen) atoms. The Morgan fingerprint density at radius 2 is 1.79 bits per heavy atom. The van der Waals surface area contributed by atoms with Crippen molar-refractivity contribution in [3.05, 3.63) is 24.3 Å². The standard InChI is InChI=1S/C13H20N2O3S/c1-2-9-15(14-10-3-4-11-14)12-5-7-13(8-6-12)19(16,17)18/h5-8H,2-4,9-11H2,1H3,(H,16,17,18). The molecule has 1 N–H and O–H groups in total. The van der Waals surface area contributed by atoms with Gasteiger partial charge in [0.05, 0.1) is 10.6 Å². The third-order valence-corrected chi connectivity index (χ3v) is 4.16. The molecule has 106 valence electrons. The summed E-state index contributed by atoms with van der Waals surface area (Å²) in [6.45, 7) is 5.11. The molecular formula is C13H20N2O3S. The molecule has 2 rings (SSSR count). The van der Waals surface area contributed by atoms with Crippen LogP contribution in [0.3, 0.4) is 0 Å². The fourth-order valence-electron chi connectivity index (χ4n) is 2.38. The fraction of sp³-hybridized carbons (Fsp3) is 0.538. The smallest absolute Gasteiger partial charge is 0.294 e. The number of anilines is 1. The minimum atomic E-state index is -4.11. The third kappa shape index (κ3) is 3.46. The zero-order valence-electron chi connectivity index (χ0n) is 11.1. The van der Waals surface area contributed by atoms with E-state index in [2.05, 4.69) is 16.9 Å². The van der Waals surface area contributed by atoms with E-state index in [0.717, 1.165) is 31.7 Å². The maximum Gasteiger partial charge on any atom is 0.294 e. The van der Waals surface area contributed by atoms with Gasteiger partial charge in [0.25, 0.3) is 10.1 Å². The summed E-state index contributed by atoms with van der Waals surface area (Å²) in [7, 11) is -4.11. The second-order valence-electron chi connectivity index (χ2n) is 4.75. The summed E-state index contributed by atoms with van der Waals surface area (Å²) in [5.41, 5.74) is 0.969. The van der Waals surface area contributed by atoms with Gasteiger partial charge in [0.1, 0.15) is 0 Å². The lowest BCUT2D eigenvalue weighted by atomic mass is 10.3. The Bertz CT molecular complexity index is 507. The molecule has 1 fully saturated rings. The lowest BCUT2D eigenvalue weighted by Crippen LogP contribution is -2.41. The molecule has 1 heterocycles. The van der Waals surface area contributed by atoms with Gasteiger partial charge in [-0.15, -0.1) is 0 Å². The normalized spacial score (nSPS) is 16.7. The van der Waals surface area contributed by atoms with E-state index in [1.807, 2.05) is 0 Å². The van der Waals surface area contributed by atoms with Crippen LogP contribution >= 0.6 is 0 Å². The number of nitrogens with zero attached hydrogens (tertiary/aromatic N) is 2. The van der Waals surface area contributed by atoms with Gasteiger partial charge in [-0.1, -0.05) is 6.92 Å². The molecule has 0 atom stereocenters. The van der Waals surface area contributed by atoms with E-state index in [1.54, 1.807) is 12.1 Å². The molecule has 1 aromatic rings. The van der Waals surface area contributed by atoms with Crippen LogP contribution in [0, 0.1) is 0 Å². The molecule has 1 aliphatic rings. The first-order valence-corrected chi connectivity index (χ1v) is 8.06. The first-order valence-electron chi connectivity index (χ1n) is 6.62. The van der Waals surface area contributed by atoms with E-state index >= 15 is 0 Å². The minimum Gasteiger partial charge on any atom is -0.306 e. The van der Waals surface area contributed by atoms with Crippen molar-refractivity contribution in [1.82, 2.24) is 5.01 Å². The highest BCUT2D eigenvalue weighted by atomic mass is 32.2. The van der Waals surface area contributed by atoms with Crippen LogP contribution in [-0.4, -0.2) is 37.6 Å². The first kappa shape index (κ1) is 14.3. The zero-order chi connectivity index (χ0) is 13.9. The van der Waals surface area contributed by atoms with Crippen LogP contribution in [0.2, 0.25) is 0 Å². The van der Waals surface area contributed by atoms with Crippen molar-refractivity contribution in [2.75, 3.05) is 24.6 Å². The highest BCUT2D eigenvalue weighted by molar-refractivity contribution is 7.85. The summed E-state index contributed by atoms with van der Waals surface area (Å²) >= 11 is 0. The maximum atomic E-state index is 11.0. The van der Waals surface area contributed by atoms with Crippen LogP contribution in [-0.2, 0) is 10.1 Å². The molecule has 1 saturated heterocycles. The molecule has 1 aromatic carbocycles. The van der Waals surface area contributed by atoms with E-state index in [0.29, 0.717) is 0 Å². The number of rotatable bonds is 5. The second kappa shape index (κ2) is 5.90. The summed E-state index contributed by atoms with van der Waals surface area (Å²) < 4.78 is 31.0. The van der Waals surface area contributed by atoms with Crippen LogP contribution in [0.1, 0.15) is 26.2 Å². The van der Waals surface area contributed by atoms with E-state index in [1.165, 1.54) is 25.0 Å². The van der Waals surface area contributed by atoms with E-state index < -0.39 is 10.1 Å². The lowest BCUT2D eigenvalue weighted by molar-refractivity contribution is 0.306. The number of benzene rings is 1. The summed E-state index contributed by atoms with van der Waals surface area (Å²) in [6, 6.07) is 6.39. The third-order valence-electron chi connectivity index (χ3n) is 3.29. The van der Waals surface area contributed by atoms with Crippen LogP contribution in [0.4, 0.5) is 5.69 Å². The molecule has 0 bridgehead atoms. The second-order valence-corrected chi connectivity index (χ2v) is 6.17. The molecule has 1 aliphatic heterocycles. The summed E-state index contributed by atoms with van der Waals surface area (Å²) in [5, 5.41) is 4.49. The highest BCUT2D eigenvalue weighted by Gasteiger charge is 2.20. The van der Waals surface area contributed by atoms with Crippen molar-refractivity contribution in [3.63, 3.8) is 0 Å². The molecule has 0 aliphatic carbocycles. The predicted octanol–water partition coefficient (Wildman–Crippen LogP) is 2.16. The minimum absolute atomic E-state index is 0.0610. The quantitative estimate of drug-likeness (QED) is 0.840. The van der Waals surface area contributed by atoms with Gasteiger partial charge in [0, 0.05) is 19.6 Å². The zero-order valence-corrected chi connectivity index (χ0v) is 11.9. The molecule has 0 aromatic heterocycles. The van der Waals surface area contributed by atoms with Gasteiger partial charge >= 0.3 is 0 Å². The average Bonchev–Trinajstić information content (AvgIpc) is 2.89. The van der Waals surface area contributed by atoms with Gasteiger partial charge < -0.3 is 5.01 Å². The molecule has 0 unspecified atom stereocenters. The summed E-state index contributed by atoms with van der Waals surface area (Å²) in [6.07, 6.45) is 3.42. The van der Waals surface area contributed by atoms with Gasteiger partial charge in [-0.05, 0) is 43.5 Å². The summed E-state index contributed by atoms with van der Waals surface area (Å²) in [4.78, 5) is -0.0610. The molecule has 5 nitrogen and oxygen atoms in total. The Kier molecular flexibility index (Phi) is 4.44. The molecule has 6 heteroatoms. The molecular weight excluding hydrogens is 264 g/mol.